The Labute approximate surface area is 168 Å². The summed E-state index contributed by atoms with van der Waals surface area (Å²) < 4.78 is 0. The van der Waals surface area contributed by atoms with Crippen molar-refractivity contribution in [2.45, 2.75) is 6.92 Å². The van der Waals surface area contributed by atoms with Crippen LogP contribution in [0, 0.1) is 11.3 Å². The maximum Gasteiger partial charge on any atom is 0.186 e. The first-order chi connectivity index (χ1) is 13.2. The Balaban J connectivity index is 1.80. The van der Waals surface area contributed by atoms with E-state index in [0.29, 0.717) is 20.7 Å². The normalized spacial score (nSPS) is 15.4. The zero-order valence-electron chi connectivity index (χ0n) is 14.1. The lowest BCUT2D eigenvalue weighted by atomic mass is 10.3. The molecule has 5 nitrogen and oxygen atoms in total. The van der Waals surface area contributed by atoms with Crippen molar-refractivity contribution in [1.29, 1.82) is 5.26 Å². The van der Waals surface area contributed by atoms with Gasteiger partial charge in [-0.2, -0.15) is 10.4 Å². The summed E-state index contributed by atoms with van der Waals surface area (Å²) in [5.41, 5.74) is 2.05. The molecule has 0 saturated heterocycles. The van der Waals surface area contributed by atoms with Crippen LogP contribution in [-0.2, 0) is 4.79 Å². The first-order valence-corrected chi connectivity index (χ1v) is 10.5. The molecule has 132 valence electrons. The number of carbonyl (C=O) groups excluding carboxylic acids is 1. The highest BCUT2D eigenvalue weighted by Gasteiger charge is 2.30. The third-order valence-electron chi connectivity index (χ3n) is 3.70. The summed E-state index contributed by atoms with van der Waals surface area (Å²) in [7, 11) is 0. The van der Waals surface area contributed by atoms with Crippen LogP contribution < -0.4 is 5.01 Å². The van der Waals surface area contributed by atoms with E-state index in [1.54, 1.807) is 16.3 Å². The molecule has 1 aliphatic rings. The molecule has 0 radical (unpaired) electrons. The fourth-order valence-electron chi connectivity index (χ4n) is 2.45. The highest BCUT2D eigenvalue weighted by molar-refractivity contribution is 8.19. The Morgan fingerprint density at radius 2 is 1.96 bits per heavy atom. The first-order valence-electron chi connectivity index (χ1n) is 7.94. The number of hydrazone groups is 1. The van der Waals surface area contributed by atoms with Crippen LogP contribution in [0.1, 0.15) is 11.9 Å². The van der Waals surface area contributed by atoms with Crippen molar-refractivity contribution < 1.29 is 4.79 Å². The molecule has 4 rings (SSSR count). The van der Waals surface area contributed by atoms with Crippen LogP contribution in [-0.4, -0.2) is 15.8 Å². The number of para-hydroxylation sites is 1. The molecule has 0 unspecified atom stereocenters. The molecule has 2 aromatic heterocycles. The van der Waals surface area contributed by atoms with E-state index >= 15 is 0 Å². The lowest BCUT2D eigenvalue weighted by molar-refractivity contribution is -0.110. The molecule has 0 atom stereocenters. The number of aromatic nitrogens is 1. The molecule has 27 heavy (non-hydrogen) atoms. The minimum atomic E-state index is -0.133. The average Bonchev–Trinajstić information content (AvgIpc) is 3.43. The van der Waals surface area contributed by atoms with Crippen molar-refractivity contribution in [2.75, 3.05) is 5.01 Å². The van der Waals surface area contributed by atoms with Crippen LogP contribution in [0.3, 0.4) is 0 Å². The molecule has 0 amide bonds. The number of Topliss-reactive ketones (excluding diaryl/α,β-unsaturated/α-hetero) is 1. The van der Waals surface area contributed by atoms with Crippen LogP contribution in [0.15, 0.2) is 63.4 Å². The summed E-state index contributed by atoms with van der Waals surface area (Å²) in [6.45, 7) is 1.47. The largest absolute Gasteiger partial charge is 0.292 e. The van der Waals surface area contributed by atoms with E-state index in [1.165, 1.54) is 30.0 Å². The van der Waals surface area contributed by atoms with Gasteiger partial charge in [-0.05, 0) is 35.3 Å². The van der Waals surface area contributed by atoms with Crippen molar-refractivity contribution in [1.82, 2.24) is 4.98 Å². The van der Waals surface area contributed by atoms with E-state index in [9.17, 15) is 10.1 Å². The molecular weight excluding hydrogens is 396 g/mol. The van der Waals surface area contributed by atoms with E-state index in [-0.39, 0.29) is 5.78 Å². The van der Waals surface area contributed by atoms with Crippen molar-refractivity contribution >= 4 is 56.5 Å². The second-order valence-electron chi connectivity index (χ2n) is 5.52. The molecule has 1 aromatic carbocycles. The van der Waals surface area contributed by atoms with Gasteiger partial charge < -0.3 is 0 Å². The highest BCUT2D eigenvalue weighted by atomic mass is 32.2. The number of nitriles is 1. The summed E-state index contributed by atoms with van der Waals surface area (Å²) in [6.07, 6.45) is 0. The summed E-state index contributed by atoms with van der Waals surface area (Å²) in [4.78, 5) is 17.6. The number of hydrogen-bond acceptors (Lipinski definition) is 8. The van der Waals surface area contributed by atoms with Crippen LogP contribution in [0.5, 0.6) is 0 Å². The van der Waals surface area contributed by atoms with E-state index in [0.717, 1.165) is 16.3 Å². The van der Waals surface area contributed by atoms with Gasteiger partial charge in [0.15, 0.2) is 10.8 Å². The number of hydrogen-bond donors (Lipinski definition) is 0. The van der Waals surface area contributed by atoms with Crippen LogP contribution in [0.25, 0.3) is 16.1 Å². The maximum atomic E-state index is 11.9. The maximum absolute atomic E-state index is 11.9. The lowest BCUT2D eigenvalue weighted by Crippen LogP contribution is -2.11. The topological polar surface area (TPSA) is 69.3 Å². The number of thioether (sulfide) groups is 1. The number of carbonyl (C=O) groups is 1. The van der Waals surface area contributed by atoms with Crippen molar-refractivity contribution in [3.05, 3.63) is 63.3 Å². The predicted molar refractivity (Wildman–Crippen MR) is 113 cm³/mol. The number of benzene rings is 1. The van der Waals surface area contributed by atoms with Gasteiger partial charge in [-0.25, -0.2) is 9.99 Å². The molecule has 3 aromatic rings. The fraction of sp³-hybridized carbons (Fsp3) is 0.0526. The number of thiophene rings is 1. The Morgan fingerprint density at radius 1 is 1.15 bits per heavy atom. The van der Waals surface area contributed by atoms with Gasteiger partial charge in [-0.15, -0.1) is 22.7 Å². The molecule has 0 bridgehead atoms. The number of ketones is 1. The third kappa shape index (κ3) is 3.45. The molecule has 8 heteroatoms. The Morgan fingerprint density at radius 3 is 2.63 bits per heavy atom. The smallest absolute Gasteiger partial charge is 0.186 e. The van der Waals surface area contributed by atoms with Gasteiger partial charge in [-0.1, -0.05) is 24.3 Å². The van der Waals surface area contributed by atoms with E-state index in [4.69, 9.17) is 0 Å². The number of allylic oxidation sites excluding steroid dienone is 1. The second-order valence-corrected chi connectivity index (χ2v) is 8.30. The van der Waals surface area contributed by atoms with Gasteiger partial charge in [0.05, 0.1) is 16.3 Å². The summed E-state index contributed by atoms with van der Waals surface area (Å²) >= 11 is 4.23. The van der Waals surface area contributed by atoms with Gasteiger partial charge in [0, 0.05) is 12.3 Å². The van der Waals surface area contributed by atoms with E-state index < -0.39 is 0 Å². The number of nitrogens with zero attached hydrogens (tertiary/aromatic N) is 4. The highest BCUT2D eigenvalue weighted by Crippen LogP contribution is 2.40. The second kappa shape index (κ2) is 7.48. The Bertz CT molecular complexity index is 1090. The van der Waals surface area contributed by atoms with Crippen LogP contribution >= 0.6 is 34.4 Å². The van der Waals surface area contributed by atoms with Gasteiger partial charge in [0.2, 0.25) is 0 Å². The molecule has 0 aliphatic carbocycles. The molecule has 0 N–H and O–H groups in total. The summed E-state index contributed by atoms with van der Waals surface area (Å²) in [5, 5.41) is 21.4. The average molecular weight is 409 g/mol. The lowest BCUT2D eigenvalue weighted by Gasteiger charge is -2.16. The molecule has 3 heterocycles. The van der Waals surface area contributed by atoms with Crippen LogP contribution in [0.4, 0.5) is 5.69 Å². The summed E-state index contributed by atoms with van der Waals surface area (Å²) in [5.74, 6) is -0.133. The molecule has 0 saturated carbocycles. The van der Waals surface area contributed by atoms with Gasteiger partial charge in [-0.3, -0.25) is 4.79 Å². The zero-order chi connectivity index (χ0) is 18.8. The molecular formula is C19H12N4OS3. The SMILES string of the molecule is CC(=O)C1=NN(c2ccccc2)/C(=C(/C#N)c2nc(-c3cccs3)cs2)S1. The predicted octanol–water partition coefficient (Wildman–Crippen LogP) is 5.22. The molecule has 0 fully saturated rings. The first kappa shape index (κ1) is 17.7. The van der Waals surface area contributed by atoms with Gasteiger partial charge in [0.25, 0.3) is 0 Å². The van der Waals surface area contributed by atoms with Crippen LogP contribution in [0.2, 0.25) is 0 Å². The minimum absolute atomic E-state index is 0.133. The Kier molecular flexibility index (Phi) is 4.90. The van der Waals surface area contributed by atoms with Crippen molar-refractivity contribution in [2.24, 2.45) is 5.10 Å². The van der Waals surface area contributed by atoms with Crippen molar-refractivity contribution in [3.8, 4) is 16.6 Å². The molecule has 0 spiro atoms. The van der Waals surface area contributed by atoms with Gasteiger partial charge in [0.1, 0.15) is 21.7 Å². The fourth-order valence-corrected chi connectivity index (χ4v) is 5.01. The number of rotatable bonds is 4. The van der Waals surface area contributed by atoms with Gasteiger partial charge >= 0.3 is 0 Å². The van der Waals surface area contributed by atoms with Crippen molar-refractivity contribution in [3.63, 3.8) is 0 Å². The van der Waals surface area contributed by atoms with E-state index in [2.05, 4.69) is 16.2 Å². The number of thiazole rings is 1. The number of anilines is 1. The standard InChI is InChI=1S/C19H12N4OS3/c1-12(24)17-22-23(13-6-3-2-4-7-13)19(27-17)14(10-20)18-21-15(11-26-18)16-8-5-9-25-16/h2-9,11H,1H3/b19-14+. The molecule has 1 aliphatic heterocycles. The monoisotopic (exact) mass is 408 g/mol. The Hall–Kier alpha value is -2.73. The quantitative estimate of drug-likeness (QED) is 0.554. The summed E-state index contributed by atoms with van der Waals surface area (Å²) in [6, 6.07) is 15.7. The zero-order valence-corrected chi connectivity index (χ0v) is 16.6. The minimum Gasteiger partial charge on any atom is -0.292 e. The van der Waals surface area contributed by atoms with E-state index in [1.807, 2.05) is 53.2 Å². The third-order valence-corrected chi connectivity index (χ3v) is 6.58.